The second-order valence-corrected chi connectivity index (χ2v) is 19.2. The minimum Gasteiger partial charge on any atom is -0.469 e. The lowest BCUT2D eigenvalue weighted by Crippen LogP contribution is -2.79. The Morgan fingerprint density at radius 2 is 1.93 bits per heavy atom. The lowest BCUT2D eigenvalue weighted by atomic mass is 9.33. The van der Waals surface area contributed by atoms with Crippen molar-refractivity contribution in [3.05, 3.63) is 48.1 Å². The van der Waals surface area contributed by atoms with Crippen LogP contribution in [-0.2, 0) is 39.8 Å². The van der Waals surface area contributed by atoms with Crippen LogP contribution in [-0.4, -0.2) is 94.8 Å². The Morgan fingerprint density at radius 3 is 2.76 bits per heavy atom. The molecule has 7 heterocycles. The number of ketones is 1. The second kappa shape index (κ2) is 10.9. The van der Waals surface area contributed by atoms with Crippen LogP contribution in [0.4, 0.5) is 0 Å². The highest BCUT2D eigenvalue weighted by Crippen LogP contribution is 2.84. The van der Waals surface area contributed by atoms with Crippen molar-refractivity contribution in [2.24, 2.45) is 51.2 Å². The van der Waals surface area contributed by atoms with E-state index in [1.807, 2.05) is 32.1 Å². The van der Waals surface area contributed by atoms with Crippen molar-refractivity contribution >= 4 is 17.7 Å². The average Bonchev–Trinajstić information content (AvgIpc) is 3.48. The molecule has 15 unspecified atom stereocenters. The van der Waals surface area contributed by atoms with Crippen LogP contribution in [0.25, 0.3) is 0 Å². The summed E-state index contributed by atoms with van der Waals surface area (Å²) in [5, 5.41) is 27.0. The zero-order valence-electron chi connectivity index (χ0n) is 31.3. The van der Waals surface area contributed by atoms with Gasteiger partial charge in [-0.3, -0.25) is 14.9 Å². The topological polar surface area (TPSA) is 160 Å². The minimum atomic E-state index is -1.45. The maximum absolute atomic E-state index is 15.1. The normalized spacial score (nSPS) is 50.7. The van der Waals surface area contributed by atoms with Gasteiger partial charge in [-0.05, 0) is 94.2 Å². The Bertz CT molecular complexity index is 1890. The third kappa shape index (κ3) is 3.68. The molecular weight excluding hydrogens is 692 g/mol. The van der Waals surface area contributed by atoms with Gasteiger partial charge in [-0.2, -0.15) is 0 Å². The van der Waals surface area contributed by atoms with Gasteiger partial charge in [0, 0.05) is 42.0 Å². The molecule has 1 aromatic rings. The summed E-state index contributed by atoms with van der Waals surface area (Å²) in [6.45, 7) is 7.82. The van der Waals surface area contributed by atoms with Gasteiger partial charge in [0.05, 0.1) is 41.9 Å². The van der Waals surface area contributed by atoms with E-state index in [0.29, 0.717) is 55.2 Å². The predicted molar refractivity (Wildman–Crippen MR) is 189 cm³/mol. The largest absolute Gasteiger partial charge is 0.469 e. The van der Waals surface area contributed by atoms with Crippen LogP contribution < -0.4 is 5.32 Å². The Kier molecular flexibility index (Phi) is 6.90. The first-order valence-electron chi connectivity index (χ1n) is 20.3. The van der Waals surface area contributed by atoms with Crippen molar-refractivity contribution < 1.29 is 48.0 Å². The second-order valence-electron chi connectivity index (χ2n) is 19.2. The fourth-order valence-electron chi connectivity index (χ4n) is 15.2. The summed E-state index contributed by atoms with van der Waals surface area (Å²) in [7, 11) is 0. The van der Waals surface area contributed by atoms with Crippen LogP contribution in [0.5, 0.6) is 0 Å². The highest BCUT2D eigenvalue weighted by Gasteiger charge is 2.94. The monoisotopic (exact) mass is 744 g/mol. The van der Waals surface area contributed by atoms with Crippen molar-refractivity contribution in [3.8, 4) is 0 Å². The number of nitrogens with one attached hydrogen (secondary N) is 1. The molecule has 11 aliphatic rings. The van der Waals surface area contributed by atoms with E-state index >= 15 is 4.79 Å². The summed E-state index contributed by atoms with van der Waals surface area (Å²) in [6, 6.07) is 2.42. The molecule has 1 aromatic heterocycles. The number of rotatable bonds is 5. The third-order valence-electron chi connectivity index (χ3n) is 17.3. The van der Waals surface area contributed by atoms with E-state index < -0.39 is 63.2 Å². The molecule has 4 spiro atoms. The Labute approximate surface area is 314 Å². The molecule has 0 amide bonds. The quantitative estimate of drug-likeness (QED) is 0.230. The van der Waals surface area contributed by atoms with Crippen molar-refractivity contribution in [2.45, 2.75) is 114 Å². The number of fused-ring (bicyclic) bond motifs is 5. The summed E-state index contributed by atoms with van der Waals surface area (Å²) in [5.41, 5.74) is -5.69. The number of nitrogens with zero attached hydrogens (tertiary/aromatic N) is 1. The van der Waals surface area contributed by atoms with Crippen molar-refractivity contribution in [1.82, 2.24) is 10.2 Å². The van der Waals surface area contributed by atoms with E-state index in [2.05, 4.69) is 29.4 Å². The van der Waals surface area contributed by atoms with Crippen molar-refractivity contribution in [2.75, 3.05) is 26.4 Å². The van der Waals surface area contributed by atoms with E-state index in [9.17, 15) is 19.8 Å². The van der Waals surface area contributed by atoms with Gasteiger partial charge < -0.3 is 38.5 Å². The first-order valence-corrected chi connectivity index (χ1v) is 20.3. The molecule has 5 saturated heterocycles. The highest BCUT2D eigenvalue weighted by molar-refractivity contribution is 5.97. The smallest absolute Gasteiger partial charge is 0.339 e. The first kappa shape index (κ1) is 34.2. The molecule has 12 heteroatoms. The standard InChI is InChI=1S/C42H52N2O10/c1-37(2)41-11-4-10-39(32(47)33(41)48)29(40(41)20-51-31(46)17-30(40)53-37)7-12-38(3)34(52-36(49)35-42(38,39)54-35)26-9-14-50-28(26)16-24(19-45)22-5-6-25-23(15-22)8-13-44-21-43-18-27(25)44/h4,8-9,11,13-14,22-25,27,29-30,32,34-35,43,45,47H,5-7,10,12,15-21H2,1-3H3. The third-order valence-corrected chi connectivity index (χ3v) is 17.3. The summed E-state index contributed by atoms with van der Waals surface area (Å²) >= 11 is 0. The number of aliphatic hydroxyl groups excluding tert-OH is 2. The van der Waals surface area contributed by atoms with Gasteiger partial charge in [-0.15, -0.1) is 0 Å². The number of cyclic esters (lactones) is 2. The fourth-order valence-corrected chi connectivity index (χ4v) is 15.2. The van der Waals surface area contributed by atoms with Crippen LogP contribution in [0.1, 0.15) is 83.1 Å². The average molecular weight is 745 g/mol. The molecule has 3 N–H and O–H groups in total. The van der Waals surface area contributed by atoms with Gasteiger partial charge in [-0.25, -0.2) is 4.79 Å². The molecule has 290 valence electrons. The molecule has 0 aromatic carbocycles. The molecule has 6 aliphatic heterocycles. The van der Waals surface area contributed by atoms with E-state index in [0.717, 1.165) is 38.0 Å². The number of aliphatic hydroxyl groups is 2. The van der Waals surface area contributed by atoms with Gasteiger partial charge in [0.25, 0.3) is 0 Å². The Balaban J connectivity index is 0.955. The number of hydrogen-bond acceptors (Lipinski definition) is 12. The van der Waals surface area contributed by atoms with Crippen molar-refractivity contribution in [1.29, 1.82) is 0 Å². The molecule has 12 rings (SSSR count). The number of ether oxygens (including phenoxy) is 4. The van der Waals surface area contributed by atoms with Crippen LogP contribution in [0, 0.1) is 51.2 Å². The highest BCUT2D eigenvalue weighted by atomic mass is 16.7. The van der Waals surface area contributed by atoms with E-state index in [-0.39, 0.29) is 43.2 Å². The predicted octanol–water partition coefficient (Wildman–Crippen LogP) is 3.36. The summed E-state index contributed by atoms with van der Waals surface area (Å²) in [5.74, 6) is 0.501. The number of furan rings is 1. The number of allylic oxidation sites excluding steroid dienone is 2. The molecule has 15 atom stereocenters. The number of carbonyl (C=O) groups excluding carboxylic acids is 3. The summed E-state index contributed by atoms with van der Waals surface area (Å²) in [4.78, 5) is 44.5. The van der Waals surface area contributed by atoms with Gasteiger partial charge in [0.1, 0.15) is 30.2 Å². The van der Waals surface area contributed by atoms with E-state index in [1.54, 1.807) is 6.26 Å². The maximum Gasteiger partial charge on any atom is 0.339 e. The first-order chi connectivity index (χ1) is 25.9. The Morgan fingerprint density at radius 1 is 1.07 bits per heavy atom. The van der Waals surface area contributed by atoms with Gasteiger partial charge in [0.2, 0.25) is 0 Å². The summed E-state index contributed by atoms with van der Waals surface area (Å²) < 4.78 is 32.0. The molecule has 3 saturated carbocycles. The fraction of sp³-hybridized carbons (Fsp3) is 0.738. The number of hydrogen-bond donors (Lipinski definition) is 3. The maximum atomic E-state index is 15.1. The molecule has 0 radical (unpaired) electrons. The number of carbonyl (C=O) groups is 3. The van der Waals surface area contributed by atoms with E-state index in [1.165, 1.54) is 0 Å². The van der Waals surface area contributed by atoms with Crippen molar-refractivity contribution in [3.63, 3.8) is 0 Å². The molecule has 54 heavy (non-hydrogen) atoms. The Hall–Kier alpha value is -3.03. The lowest BCUT2D eigenvalue weighted by Gasteiger charge is -2.68. The molecule has 12 nitrogen and oxygen atoms in total. The number of esters is 2. The zero-order valence-corrected chi connectivity index (χ0v) is 31.3. The molecular formula is C42H52N2O10. The molecule has 2 bridgehead atoms. The van der Waals surface area contributed by atoms with Crippen LogP contribution >= 0.6 is 0 Å². The SMILES string of the molecule is CC1(C)OC2CC(=O)OCC23C2CCC4(C)C(c5ccoc5CC(CO)C5CCC6C(C=CN7CNCC67)C5)OC(=O)C5OC54C24CC=CC13C(=O)C4O. The number of epoxide rings is 1. The zero-order chi connectivity index (χ0) is 37.2. The summed E-state index contributed by atoms with van der Waals surface area (Å²) in [6.07, 6.45) is 11.6. The lowest BCUT2D eigenvalue weighted by molar-refractivity contribution is -0.262. The van der Waals surface area contributed by atoms with Gasteiger partial charge in [0.15, 0.2) is 11.9 Å². The molecule has 5 aliphatic carbocycles. The van der Waals surface area contributed by atoms with Gasteiger partial charge in [-0.1, -0.05) is 25.2 Å². The molecule has 8 fully saturated rings. The van der Waals surface area contributed by atoms with E-state index in [4.69, 9.17) is 23.4 Å². The number of Topliss-reactive ketones (excluding diaryl/α,β-unsaturated/α-hetero) is 1. The van der Waals surface area contributed by atoms with Crippen LogP contribution in [0.3, 0.4) is 0 Å². The van der Waals surface area contributed by atoms with Crippen LogP contribution in [0.2, 0.25) is 0 Å². The van der Waals surface area contributed by atoms with Crippen LogP contribution in [0.15, 0.2) is 41.2 Å². The minimum absolute atomic E-state index is 0.00325. The van der Waals surface area contributed by atoms with Gasteiger partial charge >= 0.3 is 11.9 Å².